The van der Waals surface area contributed by atoms with Crippen LogP contribution in [0.25, 0.3) is 27.9 Å². The van der Waals surface area contributed by atoms with Crippen molar-refractivity contribution in [2.24, 2.45) is 0 Å². The van der Waals surface area contributed by atoms with Gasteiger partial charge in [-0.05, 0) is 59.6 Å². The Labute approximate surface area is 217 Å². The molecule has 190 valence electrons. The Morgan fingerprint density at radius 1 is 1.25 bits per heavy atom. The molecule has 0 aliphatic carbocycles. The van der Waals surface area contributed by atoms with Crippen LogP contribution in [0.4, 0.5) is 19.1 Å². The summed E-state index contributed by atoms with van der Waals surface area (Å²) in [5, 5.41) is 11.0. The Hall–Kier alpha value is -3.12. The number of para-hydroxylation sites is 1. The van der Waals surface area contributed by atoms with Gasteiger partial charge in [0.2, 0.25) is 11.9 Å². The van der Waals surface area contributed by atoms with Crippen molar-refractivity contribution in [3.05, 3.63) is 45.9 Å². The summed E-state index contributed by atoms with van der Waals surface area (Å²) in [5.41, 5.74) is 0.845. The van der Waals surface area contributed by atoms with E-state index in [-0.39, 0.29) is 28.3 Å². The van der Waals surface area contributed by atoms with Gasteiger partial charge >= 0.3 is 6.36 Å². The SMILES string of the molecule is CCCCNC(=O)[C@@H](C)Nc1nc2c(Br)cccc2c2nc(-c3ccc(Cl)cc3OC(F)(F)F)nn12. The number of carbonyl (C=O) groups is 1. The number of alkyl halides is 3. The maximum Gasteiger partial charge on any atom is 0.573 e. The number of unbranched alkanes of at least 4 members (excludes halogenated alkanes) is 1. The van der Waals surface area contributed by atoms with Crippen LogP contribution in [-0.2, 0) is 4.79 Å². The van der Waals surface area contributed by atoms with E-state index < -0.39 is 18.2 Å². The summed E-state index contributed by atoms with van der Waals surface area (Å²) in [6.45, 7) is 4.24. The van der Waals surface area contributed by atoms with Crippen molar-refractivity contribution in [2.75, 3.05) is 11.9 Å². The smallest absolute Gasteiger partial charge is 0.405 e. The first-order valence-electron chi connectivity index (χ1n) is 11.0. The van der Waals surface area contributed by atoms with E-state index >= 15 is 0 Å². The summed E-state index contributed by atoms with van der Waals surface area (Å²) in [7, 11) is 0. The number of rotatable bonds is 8. The molecule has 0 radical (unpaired) electrons. The fourth-order valence-electron chi connectivity index (χ4n) is 3.49. The van der Waals surface area contributed by atoms with Gasteiger partial charge in [0.25, 0.3) is 0 Å². The number of ether oxygens (including phenoxy) is 1. The minimum Gasteiger partial charge on any atom is -0.405 e. The number of anilines is 1. The molecule has 2 aromatic heterocycles. The van der Waals surface area contributed by atoms with E-state index in [4.69, 9.17) is 11.6 Å². The van der Waals surface area contributed by atoms with Crippen molar-refractivity contribution in [1.29, 1.82) is 0 Å². The number of benzene rings is 2. The van der Waals surface area contributed by atoms with Gasteiger partial charge in [-0.1, -0.05) is 31.0 Å². The summed E-state index contributed by atoms with van der Waals surface area (Å²) in [5.74, 6) is -0.621. The number of amides is 1. The monoisotopic (exact) mass is 584 g/mol. The van der Waals surface area contributed by atoms with Gasteiger partial charge in [-0.15, -0.1) is 18.3 Å². The lowest BCUT2D eigenvalue weighted by Gasteiger charge is -2.16. The van der Waals surface area contributed by atoms with Gasteiger partial charge < -0.3 is 15.4 Å². The number of carbonyl (C=O) groups excluding carboxylic acids is 1. The van der Waals surface area contributed by atoms with Crippen LogP contribution >= 0.6 is 27.5 Å². The number of hydrogen-bond acceptors (Lipinski definition) is 6. The fourth-order valence-corrected chi connectivity index (χ4v) is 4.11. The molecule has 36 heavy (non-hydrogen) atoms. The molecule has 1 amide bonds. The maximum absolute atomic E-state index is 13.0. The van der Waals surface area contributed by atoms with Crippen LogP contribution in [0.15, 0.2) is 40.9 Å². The molecule has 2 aromatic carbocycles. The van der Waals surface area contributed by atoms with Crippen molar-refractivity contribution in [1.82, 2.24) is 24.9 Å². The zero-order valence-corrected chi connectivity index (χ0v) is 21.5. The van der Waals surface area contributed by atoms with E-state index in [1.165, 1.54) is 16.6 Å². The maximum atomic E-state index is 13.0. The average molecular weight is 586 g/mol. The fraction of sp³-hybridized carbons (Fsp3) is 0.304. The third-order valence-electron chi connectivity index (χ3n) is 5.23. The second kappa shape index (κ2) is 10.5. The van der Waals surface area contributed by atoms with E-state index in [1.54, 1.807) is 25.1 Å². The molecule has 0 fully saturated rings. The van der Waals surface area contributed by atoms with E-state index in [0.717, 1.165) is 18.9 Å². The van der Waals surface area contributed by atoms with Gasteiger partial charge in [0, 0.05) is 21.4 Å². The highest BCUT2D eigenvalue weighted by Gasteiger charge is 2.33. The second-order valence-electron chi connectivity index (χ2n) is 7.94. The zero-order valence-electron chi connectivity index (χ0n) is 19.2. The van der Waals surface area contributed by atoms with Crippen LogP contribution in [0.2, 0.25) is 5.02 Å². The zero-order chi connectivity index (χ0) is 26.0. The highest BCUT2D eigenvalue weighted by atomic mass is 79.9. The molecule has 0 spiro atoms. The van der Waals surface area contributed by atoms with Crippen molar-refractivity contribution in [3.8, 4) is 17.1 Å². The molecule has 0 unspecified atom stereocenters. The number of aromatic nitrogens is 4. The number of nitrogens with one attached hydrogen (secondary N) is 2. The summed E-state index contributed by atoms with van der Waals surface area (Å²) in [6.07, 6.45) is -3.15. The van der Waals surface area contributed by atoms with Crippen molar-refractivity contribution >= 4 is 55.9 Å². The van der Waals surface area contributed by atoms with Gasteiger partial charge in [-0.25, -0.2) is 9.97 Å². The minimum atomic E-state index is -4.94. The molecule has 0 aliphatic rings. The molecule has 2 heterocycles. The van der Waals surface area contributed by atoms with E-state index in [1.807, 2.05) is 6.92 Å². The number of fused-ring (bicyclic) bond motifs is 3. The number of halogens is 5. The normalized spacial score (nSPS) is 12.6. The van der Waals surface area contributed by atoms with Crippen LogP contribution in [0.3, 0.4) is 0 Å². The molecule has 0 saturated carbocycles. The largest absolute Gasteiger partial charge is 0.573 e. The summed E-state index contributed by atoms with van der Waals surface area (Å²) in [6, 6.07) is 8.47. The first-order valence-corrected chi connectivity index (χ1v) is 12.2. The van der Waals surface area contributed by atoms with Gasteiger partial charge in [0.15, 0.2) is 11.5 Å². The molecular formula is C23H21BrClF3N6O2. The topological polar surface area (TPSA) is 93.4 Å². The first-order chi connectivity index (χ1) is 17.1. The first kappa shape index (κ1) is 26.0. The molecule has 8 nitrogen and oxygen atoms in total. The Balaban J connectivity index is 1.83. The lowest BCUT2D eigenvalue weighted by molar-refractivity contribution is -0.274. The van der Waals surface area contributed by atoms with Crippen LogP contribution in [0.1, 0.15) is 26.7 Å². The molecule has 0 aliphatic heterocycles. The van der Waals surface area contributed by atoms with E-state index in [0.29, 0.717) is 27.6 Å². The quantitative estimate of drug-likeness (QED) is 0.247. The lowest BCUT2D eigenvalue weighted by atomic mass is 10.2. The molecule has 4 aromatic rings. The van der Waals surface area contributed by atoms with Gasteiger partial charge in [-0.3, -0.25) is 4.79 Å². The standard InChI is InChI=1S/C23H21BrClF3N6O2/c1-3-4-10-29-21(35)12(2)30-22-31-18-15(6-5-7-16(18)24)20-32-19(33-34(20)22)14-9-8-13(25)11-17(14)36-23(26,27)28/h5-9,11-12H,3-4,10H2,1-2H3,(H,29,35)(H,30,31)/t12-/m1/s1. The predicted octanol–water partition coefficient (Wildman–Crippen LogP) is 5.98. The third-order valence-corrected chi connectivity index (χ3v) is 6.11. The van der Waals surface area contributed by atoms with Crippen molar-refractivity contribution in [3.63, 3.8) is 0 Å². The third kappa shape index (κ3) is 5.65. The molecule has 0 bridgehead atoms. The Morgan fingerprint density at radius 3 is 2.75 bits per heavy atom. The summed E-state index contributed by atoms with van der Waals surface area (Å²) in [4.78, 5) is 21.7. The van der Waals surface area contributed by atoms with E-state index in [9.17, 15) is 18.0 Å². The molecule has 0 saturated heterocycles. The van der Waals surface area contributed by atoms with E-state index in [2.05, 4.69) is 46.4 Å². The lowest BCUT2D eigenvalue weighted by Crippen LogP contribution is -2.38. The van der Waals surface area contributed by atoms with Crippen molar-refractivity contribution < 1.29 is 22.7 Å². The van der Waals surface area contributed by atoms with Crippen LogP contribution in [0, 0.1) is 0 Å². The second-order valence-corrected chi connectivity index (χ2v) is 9.23. The van der Waals surface area contributed by atoms with Gasteiger partial charge in [0.1, 0.15) is 11.8 Å². The molecule has 4 rings (SSSR count). The van der Waals surface area contributed by atoms with Gasteiger partial charge in [0.05, 0.1) is 11.1 Å². The summed E-state index contributed by atoms with van der Waals surface area (Å²) < 4.78 is 45.3. The minimum absolute atomic E-state index is 0.0140. The Morgan fingerprint density at radius 2 is 2.03 bits per heavy atom. The van der Waals surface area contributed by atoms with Crippen LogP contribution in [-0.4, -0.2) is 44.4 Å². The van der Waals surface area contributed by atoms with Crippen molar-refractivity contribution in [2.45, 2.75) is 39.1 Å². The molecule has 2 N–H and O–H groups in total. The molecular weight excluding hydrogens is 565 g/mol. The van der Waals surface area contributed by atoms with Crippen LogP contribution < -0.4 is 15.4 Å². The predicted molar refractivity (Wildman–Crippen MR) is 134 cm³/mol. The molecule has 13 heteroatoms. The summed E-state index contributed by atoms with van der Waals surface area (Å²) >= 11 is 9.38. The number of nitrogens with zero attached hydrogens (tertiary/aromatic N) is 4. The van der Waals surface area contributed by atoms with Crippen LogP contribution in [0.5, 0.6) is 5.75 Å². The average Bonchev–Trinajstić information content (AvgIpc) is 3.24. The Bertz CT molecular complexity index is 1430. The molecule has 1 atom stereocenters. The Kier molecular flexibility index (Phi) is 7.55. The van der Waals surface area contributed by atoms with Gasteiger partial charge in [-0.2, -0.15) is 4.52 Å². The highest BCUT2D eigenvalue weighted by molar-refractivity contribution is 9.10. The highest BCUT2D eigenvalue weighted by Crippen LogP contribution is 2.36. The number of hydrogen-bond donors (Lipinski definition) is 2.